The fourth-order valence-corrected chi connectivity index (χ4v) is 3.08. The van der Waals surface area contributed by atoms with E-state index in [-0.39, 0.29) is 0 Å². The summed E-state index contributed by atoms with van der Waals surface area (Å²) in [4.78, 5) is 4.89. The molecule has 1 aromatic heterocycles. The summed E-state index contributed by atoms with van der Waals surface area (Å²) in [5, 5.41) is 0. The van der Waals surface area contributed by atoms with Gasteiger partial charge < -0.3 is 10.3 Å². The van der Waals surface area contributed by atoms with Crippen LogP contribution in [-0.4, -0.2) is 9.55 Å². The number of anilines is 1. The number of hydrogen-bond acceptors (Lipinski definition) is 2. The Morgan fingerprint density at radius 1 is 1.00 bits per heavy atom. The minimum atomic E-state index is 0.468. The number of nitrogens with zero attached hydrogens (tertiary/aromatic N) is 2. The highest BCUT2D eigenvalue weighted by atomic mass is 15.1. The number of imidazole rings is 1. The highest BCUT2D eigenvalue weighted by Crippen LogP contribution is 2.29. The van der Waals surface area contributed by atoms with Crippen molar-refractivity contribution in [3.05, 3.63) is 59.9 Å². The molecule has 3 heteroatoms. The number of nitrogen functional groups attached to an aromatic ring is 1. The molecule has 0 radical (unpaired) electrons. The summed E-state index contributed by atoms with van der Waals surface area (Å²) in [5.41, 5.74) is 10.2. The number of nitrogens with two attached hydrogens (primary N) is 1. The molecule has 0 aliphatic rings. The molecular formula is C19H23N3. The van der Waals surface area contributed by atoms with Gasteiger partial charge in [-0.05, 0) is 30.5 Å². The molecule has 0 saturated carbocycles. The summed E-state index contributed by atoms with van der Waals surface area (Å²) < 4.78 is 2.33. The van der Waals surface area contributed by atoms with Crippen LogP contribution in [-0.2, 0) is 6.54 Å². The first kappa shape index (κ1) is 14.6. The summed E-state index contributed by atoms with van der Waals surface area (Å²) in [6, 6.07) is 16.6. The van der Waals surface area contributed by atoms with Crippen molar-refractivity contribution in [1.29, 1.82) is 0 Å². The molecule has 0 saturated heterocycles. The van der Waals surface area contributed by atoms with E-state index < -0.39 is 0 Å². The topological polar surface area (TPSA) is 43.8 Å². The Morgan fingerprint density at radius 2 is 1.73 bits per heavy atom. The third-order valence-electron chi connectivity index (χ3n) is 4.37. The number of para-hydroxylation sites is 1. The maximum absolute atomic E-state index is 6.14. The molecule has 2 N–H and O–H groups in total. The number of aromatic nitrogens is 2. The minimum Gasteiger partial charge on any atom is -0.397 e. The average molecular weight is 293 g/mol. The van der Waals surface area contributed by atoms with E-state index in [1.54, 1.807) is 0 Å². The van der Waals surface area contributed by atoms with Crippen LogP contribution < -0.4 is 5.73 Å². The van der Waals surface area contributed by atoms with Crippen molar-refractivity contribution in [3.8, 4) is 0 Å². The van der Waals surface area contributed by atoms with E-state index in [4.69, 9.17) is 10.7 Å². The lowest BCUT2D eigenvalue weighted by Crippen LogP contribution is -2.09. The molecule has 0 atom stereocenters. The third-order valence-corrected chi connectivity index (χ3v) is 4.37. The smallest absolute Gasteiger partial charge is 0.113 e. The minimum absolute atomic E-state index is 0.468. The second-order valence-electron chi connectivity index (χ2n) is 5.77. The van der Waals surface area contributed by atoms with Gasteiger partial charge in [-0.3, -0.25) is 0 Å². The predicted octanol–water partition coefficient (Wildman–Crippen LogP) is 4.57. The maximum atomic E-state index is 6.14. The average Bonchev–Trinajstić information content (AvgIpc) is 2.90. The first-order valence-electron chi connectivity index (χ1n) is 8.03. The van der Waals surface area contributed by atoms with E-state index in [9.17, 15) is 0 Å². The Bertz CT molecular complexity index is 755. The lowest BCUT2D eigenvalue weighted by Gasteiger charge is -2.15. The van der Waals surface area contributed by atoms with Crippen LogP contribution >= 0.6 is 0 Å². The fraction of sp³-hybridized carbons (Fsp3) is 0.316. The number of benzene rings is 2. The van der Waals surface area contributed by atoms with Gasteiger partial charge in [0.1, 0.15) is 11.3 Å². The molecule has 0 aliphatic carbocycles. The van der Waals surface area contributed by atoms with Gasteiger partial charge in [0, 0.05) is 12.5 Å². The number of fused-ring (bicyclic) bond motifs is 1. The predicted molar refractivity (Wildman–Crippen MR) is 93.0 cm³/mol. The van der Waals surface area contributed by atoms with Crippen LogP contribution in [0.3, 0.4) is 0 Å². The molecule has 3 nitrogen and oxygen atoms in total. The van der Waals surface area contributed by atoms with Crippen LogP contribution in [0.5, 0.6) is 0 Å². The van der Waals surface area contributed by atoms with Gasteiger partial charge in [0.15, 0.2) is 0 Å². The summed E-state index contributed by atoms with van der Waals surface area (Å²) in [7, 11) is 0. The van der Waals surface area contributed by atoms with Crippen LogP contribution in [0.4, 0.5) is 5.69 Å². The van der Waals surface area contributed by atoms with Crippen molar-refractivity contribution in [2.45, 2.75) is 39.2 Å². The molecule has 0 fully saturated rings. The van der Waals surface area contributed by atoms with E-state index >= 15 is 0 Å². The molecule has 0 aliphatic heterocycles. The van der Waals surface area contributed by atoms with Gasteiger partial charge >= 0.3 is 0 Å². The van der Waals surface area contributed by atoms with Crippen molar-refractivity contribution < 1.29 is 0 Å². The summed E-state index contributed by atoms with van der Waals surface area (Å²) in [6.07, 6.45) is 2.18. The fourth-order valence-electron chi connectivity index (χ4n) is 3.08. The largest absolute Gasteiger partial charge is 0.397 e. The van der Waals surface area contributed by atoms with Crippen molar-refractivity contribution in [2.24, 2.45) is 0 Å². The molecule has 0 amide bonds. The molecule has 1 heterocycles. The number of hydrogen-bond donors (Lipinski definition) is 1. The number of rotatable bonds is 5. The van der Waals surface area contributed by atoms with Gasteiger partial charge in [0.25, 0.3) is 0 Å². The summed E-state index contributed by atoms with van der Waals surface area (Å²) in [6.45, 7) is 5.29. The van der Waals surface area contributed by atoms with Gasteiger partial charge in [0.05, 0.1) is 11.2 Å². The van der Waals surface area contributed by atoms with E-state index in [2.05, 4.69) is 54.8 Å². The third kappa shape index (κ3) is 2.59. The van der Waals surface area contributed by atoms with Gasteiger partial charge in [-0.25, -0.2) is 4.98 Å². The Kier molecular flexibility index (Phi) is 4.14. The van der Waals surface area contributed by atoms with Crippen molar-refractivity contribution in [1.82, 2.24) is 9.55 Å². The Balaban J connectivity index is 2.16. The molecular weight excluding hydrogens is 270 g/mol. The maximum Gasteiger partial charge on any atom is 0.113 e. The molecule has 0 unspecified atom stereocenters. The second-order valence-corrected chi connectivity index (χ2v) is 5.77. The van der Waals surface area contributed by atoms with Crippen LogP contribution in [0.2, 0.25) is 0 Å². The highest BCUT2D eigenvalue weighted by Gasteiger charge is 2.18. The van der Waals surface area contributed by atoms with Crippen molar-refractivity contribution in [2.75, 3.05) is 5.73 Å². The standard InChI is InChI=1S/C19H23N3/c1-3-15(4-2)19-21-18-16(20)11-8-12-17(18)22(19)13-14-9-6-5-7-10-14/h5-12,15H,3-4,13,20H2,1-2H3. The quantitative estimate of drug-likeness (QED) is 0.700. The monoisotopic (exact) mass is 293 g/mol. The molecule has 0 bridgehead atoms. The molecule has 3 rings (SSSR count). The van der Waals surface area contributed by atoms with Gasteiger partial charge in [-0.1, -0.05) is 50.2 Å². The highest BCUT2D eigenvalue weighted by molar-refractivity contribution is 5.87. The van der Waals surface area contributed by atoms with E-state index in [0.29, 0.717) is 5.92 Å². The lowest BCUT2D eigenvalue weighted by molar-refractivity contribution is 0.570. The van der Waals surface area contributed by atoms with E-state index in [1.807, 2.05) is 12.1 Å². The zero-order chi connectivity index (χ0) is 15.5. The SMILES string of the molecule is CCC(CC)c1nc2c(N)cccc2n1Cc1ccccc1. The first-order chi connectivity index (χ1) is 10.7. The molecule has 22 heavy (non-hydrogen) atoms. The van der Waals surface area contributed by atoms with Gasteiger partial charge in [0.2, 0.25) is 0 Å². The Hall–Kier alpha value is -2.29. The zero-order valence-corrected chi connectivity index (χ0v) is 13.3. The van der Waals surface area contributed by atoms with Gasteiger partial charge in [-0.2, -0.15) is 0 Å². The summed E-state index contributed by atoms with van der Waals surface area (Å²) >= 11 is 0. The lowest BCUT2D eigenvalue weighted by atomic mass is 10.0. The molecule has 0 spiro atoms. The molecule has 2 aromatic carbocycles. The zero-order valence-electron chi connectivity index (χ0n) is 13.3. The van der Waals surface area contributed by atoms with Crippen LogP contribution in [0.25, 0.3) is 11.0 Å². The Morgan fingerprint density at radius 3 is 2.41 bits per heavy atom. The Labute approximate surface area is 131 Å². The van der Waals surface area contributed by atoms with Gasteiger partial charge in [-0.15, -0.1) is 0 Å². The second kappa shape index (κ2) is 6.22. The van der Waals surface area contributed by atoms with Crippen molar-refractivity contribution >= 4 is 16.7 Å². The van der Waals surface area contributed by atoms with Crippen molar-refractivity contribution in [3.63, 3.8) is 0 Å². The van der Waals surface area contributed by atoms with Crippen LogP contribution in [0.1, 0.15) is 44.0 Å². The van der Waals surface area contributed by atoms with Crippen LogP contribution in [0.15, 0.2) is 48.5 Å². The summed E-state index contributed by atoms with van der Waals surface area (Å²) in [5.74, 6) is 1.62. The molecule has 3 aromatic rings. The van der Waals surface area contributed by atoms with Crippen LogP contribution in [0, 0.1) is 0 Å². The van der Waals surface area contributed by atoms with E-state index in [0.717, 1.165) is 41.9 Å². The normalized spacial score (nSPS) is 11.4. The first-order valence-corrected chi connectivity index (χ1v) is 8.03. The van der Waals surface area contributed by atoms with E-state index in [1.165, 1.54) is 5.56 Å². The molecule has 114 valence electrons.